The summed E-state index contributed by atoms with van der Waals surface area (Å²) in [5, 5.41) is 9.20. The summed E-state index contributed by atoms with van der Waals surface area (Å²) < 4.78 is 5.35. The minimum atomic E-state index is -0.703. The first-order valence-electron chi connectivity index (χ1n) is 4.84. The second kappa shape index (κ2) is 3.66. The van der Waals surface area contributed by atoms with E-state index in [-0.39, 0.29) is 6.10 Å². The molecular formula is C10H18O3. The average Bonchev–Trinajstić information content (AvgIpc) is 2.32. The molecule has 0 spiro atoms. The van der Waals surface area contributed by atoms with Gasteiger partial charge >= 0.3 is 5.97 Å². The number of rotatable bonds is 3. The van der Waals surface area contributed by atoms with Crippen LogP contribution in [0.5, 0.6) is 0 Å². The summed E-state index contributed by atoms with van der Waals surface area (Å²) in [6.07, 6.45) is 1.22. The van der Waals surface area contributed by atoms with E-state index < -0.39 is 11.4 Å². The van der Waals surface area contributed by atoms with Gasteiger partial charge in [0, 0.05) is 6.61 Å². The van der Waals surface area contributed by atoms with Crippen LogP contribution in [0.15, 0.2) is 0 Å². The second-order valence-corrected chi connectivity index (χ2v) is 4.32. The molecule has 1 rings (SSSR count). The highest BCUT2D eigenvalue weighted by molar-refractivity contribution is 5.75. The van der Waals surface area contributed by atoms with E-state index in [9.17, 15) is 9.90 Å². The van der Waals surface area contributed by atoms with Crippen molar-refractivity contribution >= 4 is 5.97 Å². The van der Waals surface area contributed by atoms with Crippen LogP contribution in [0.4, 0.5) is 0 Å². The Balaban J connectivity index is 2.80. The lowest BCUT2D eigenvalue weighted by molar-refractivity contribution is -0.153. The Labute approximate surface area is 79.1 Å². The zero-order valence-electron chi connectivity index (χ0n) is 8.54. The number of ether oxygens (including phenoxy) is 1. The summed E-state index contributed by atoms with van der Waals surface area (Å²) >= 11 is 0. The number of carboxylic acids is 1. The van der Waals surface area contributed by atoms with Crippen LogP contribution >= 0.6 is 0 Å². The Bertz CT molecular complexity index is 200. The summed E-state index contributed by atoms with van der Waals surface area (Å²) in [7, 11) is 0. The summed E-state index contributed by atoms with van der Waals surface area (Å²) in [5.74, 6) is -0.300. The molecule has 0 bridgehead atoms. The van der Waals surface area contributed by atoms with E-state index in [0.29, 0.717) is 25.4 Å². The zero-order valence-corrected chi connectivity index (χ0v) is 8.54. The van der Waals surface area contributed by atoms with Gasteiger partial charge in [-0.15, -0.1) is 0 Å². The first-order chi connectivity index (χ1) is 5.99. The topological polar surface area (TPSA) is 46.5 Å². The molecule has 0 aliphatic carbocycles. The SMILES string of the molecule is CC(C)CC1(C(=O)O)CCOC1C. The lowest BCUT2D eigenvalue weighted by Crippen LogP contribution is -2.38. The van der Waals surface area contributed by atoms with Gasteiger partial charge in [-0.1, -0.05) is 13.8 Å². The van der Waals surface area contributed by atoms with Crippen LogP contribution in [0.25, 0.3) is 0 Å². The van der Waals surface area contributed by atoms with Gasteiger partial charge in [0.05, 0.1) is 11.5 Å². The first kappa shape index (κ1) is 10.5. The quantitative estimate of drug-likeness (QED) is 0.732. The molecule has 0 radical (unpaired) electrons. The van der Waals surface area contributed by atoms with Crippen molar-refractivity contribution in [3.8, 4) is 0 Å². The Morgan fingerprint density at radius 3 is 2.62 bits per heavy atom. The van der Waals surface area contributed by atoms with Gasteiger partial charge in [-0.05, 0) is 25.7 Å². The van der Waals surface area contributed by atoms with E-state index >= 15 is 0 Å². The molecule has 1 fully saturated rings. The van der Waals surface area contributed by atoms with Gasteiger partial charge in [0.25, 0.3) is 0 Å². The third-order valence-electron chi connectivity index (χ3n) is 2.89. The number of hydrogen-bond donors (Lipinski definition) is 1. The first-order valence-corrected chi connectivity index (χ1v) is 4.84. The van der Waals surface area contributed by atoms with E-state index in [1.165, 1.54) is 0 Å². The van der Waals surface area contributed by atoms with Crippen molar-refractivity contribution in [2.75, 3.05) is 6.61 Å². The van der Waals surface area contributed by atoms with E-state index in [0.717, 1.165) is 0 Å². The van der Waals surface area contributed by atoms with Crippen LogP contribution in [0.3, 0.4) is 0 Å². The molecule has 1 heterocycles. The summed E-state index contributed by atoms with van der Waals surface area (Å²) in [5.41, 5.74) is -0.631. The van der Waals surface area contributed by atoms with Crippen molar-refractivity contribution < 1.29 is 14.6 Å². The molecule has 0 aromatic rings. The molecule has 2 atom stereocenters. The number of aliphatic carboxylic acids is 1. The number of carboxylic acid groups (broad SMARTS) is 1. The largest absolute Gasteiger partial charge is 0.481 e. The van der Waals surface area contributed by atoms with Crippen LogP contribution in [-0.4, -0.2) is 23.8 Å². The summed E-state index contributed by atoms with van der Waals surface area (Å²) in [4.78, 5) is 11.2. The Morgan fingerprint density at radius 1 is 1.69 bits per heavy atom. The molecule has 13 heavy (non-hydrogen) atoms. The molecule has 76 valence electrons. The van der Waals surface area contributed by atoms with Gasteiger partial charge in [0.1, 0.15) is 0 Å². The van der Waals surface area contributed by atoms with Gasteiger partial charge < -0.3 is 9.84 Å². The predicted molar refractivity (Wildman–Crippen MR) is 49.6 cm³/mol. The fourth-order valence-electron chi connectivity index (χ4n) is 2.15. The normalized spacial score (nSPS) is 34.0. The number of hydrogen-bond acceptors (Lipinski definition) is 2. The molecule has 3 nitrogen and oxygen atoms in total. The Kier molecular flexibility index (Phi) is 2.96. The summed E-state index contributed by atoms with van der Waals surface area (Å²) in [6, 6.07) is 0. The third-order valence-corrected chi connectivity index (χ3v) is 2.89. The van der Waals surface area contributed by atoms with Crippen LogP contribution < -0.4 is 0 Å². The average molecular weight is 186 g/mol. The molecule has 1 aliphatic rings. The van der Waals surface area contributed by atoms with Gasteiger partial charge in [-0.25, -0.2) is 0 Å². The van der Waals surface area contributed by atoms with Crippen molar-refractivity contribution in [2.45, 2.75) is 39.7 Å². The summed E-state index contributed by atoms with van der Waals surface area (Å²) in [6.45, 7) is 6.55. The van der Waals surface area contributed by atoms with Crippen molar-refractivity contribution in [3.05, 3.63) is 0 Å². The maximum absolute atomic E-state index is 11.2. The van der Waals surface area contributed by atoms with E-state index in [2.05, 4.69) is 13.8 Å². The lowest BCUT2D eigenvalue weighted by Gasteiger charge is -2.28. The highest BCUT2D eigenvalue weighted by atomic mass is 16.5. The van der Waals surface area contributed by atoms with Gasteiger partial charge in [0.15, 0.2) is 0 Å². The third kappa shape index (κ3) is 1.85. The van der Waals surface area contributed by atoms with Gasteiger partial charge in [0.2, 0.25) is 0 Å². The van der Waals surface area contributed by atoms with Gasteiger partial charge in [-0.2, -0.15) is 0 Å². The molecule has 0 saturated carbocycles. The smallest absolute Gasteiger partial charge is 0.312 e. The molecule has 0 amide bonds. The van der Waals surface area contributed by atoms with Crippen molar-refractivity contribution in [3.63, 3.8) is 0 Å². The Hall–Kier alpha value is -0.570. The fraction of sp³-hybridized carbons (Fsp3) is 0.900. The van der Waals surface area contributed by atoms with Crippen LogP contribution in [0.1, 0.15) is 33.6 Å². The number of carbonyl (C=O) groups is 1. The van der Waals surface area contributed by atoms with Crippen LogP contribution in [-0.2, 0) is 9.53 Å². The second-order valence-electron chi connectivity index (χ2n) is 4.32. The van der Waals surface area contributed by atoms with Crippen LogP contribution in [0.2, 0.25) is 0 Å². The minimum Gasteiger partial charge on any atom is -0.481 e. The van der Waals surface area contributed by atoms with E-state index in [1.54, 1.807) is 0 Å². The molecule has 1 aliphatic heterocycles. The maximum Gasteiger partial charge on any atom is 0.312 e. The molecular weight excluding hydrogens is 168 g/mol. The van der Waals surface area contributed by atoms with Crippen molar-refractivity contribution in [1.29, 1.82) is 0 Å². The molecule has 1 saturated heterocycles. The highest BCUT2D eigenvalue weighted by Crippen LogP contribution is 2.40. The Morgan fingerprint density at radius 2 is 2.31 bits per heavy atom. The zero-order chi connectivity index (χ0) is 10.1. The standard InChI is InChI=1S/C10H18O3/c1-7(2)6-10(9(11)12)4-5-13-8(10)3/h7-8H,4-6H2,1-3H3,(H,11,12). The lowest BCUT2D eigenvalue weighted by atomic mass is 9.75. The van der Waals surface area contributed by atoms with Gasteiger partial charge in [-0.3, -0.25) is 4.79 Å². The highest BCUT2D eigenvalue weighted by Gasteiger charge is 2.48. The van der Waals surface area contributed by atoms with Crippen molar-refractivity contribution in [1.82, 2.24) is 0 Å². The maximum atomic E-state index is 11.2. The molecule has 2 unspecified atom stereocenters. The fourth-order valence-corrected chi connectivity index (χ4v) is 2.15. The van der Waals surface area contributed by atoms with E-state index in [1.807, 2.05) is 6.92 Å². The molecule has 0 aromatic heterocycles. The monoisotopic (exact) mass is 186 g/mol. The predicted octanol–water partition coefficient (Wildman–Crippen LogP) is 1.91. The van der Waals surface area contributed by atoms with Crippen LogP contribution in [0, 0.1) is 11.3 Å². The minimum absolute atomic E-state index is 0.146. The molecule has 3 heteroatoms. The van der Waals surface area contributed by atoms with E-state index in [4.69, 9.17) is 4.74 Å². The van der Waals surface area contributed by atoms with Crippen molar-refractivity contribution in [2.24, 2.45) is 11.3 Å². The molecule has 0 aromatic carbocycles. The molecule has 1 N–H and O–H groups in total.